The third-order valence-electron chi connectivity index (χ3n) is 3.90. The van der Waals surface area contributed by atoms with Crippen molar-refractivity contribution in [2.45, 2.75) is 32.5 Å². The Balaban J connectivity index is 2.03. The molecule has 2 aromatic carbocycles. The molecule has 3 nitrogen and oxygen atoms in total. The van der Waals surface area contributed by atoms with Crippen molar-refractivity contribution in [3.63, 3.8) is 0 Å². The molecule has 108 valence electrons. The molecule has 0 spiro atoms. The van der Waals surface area contributed by atoms with Crippen molar-refractivity contribution in [2.24, 2.45) is 5.73 Å². The summed E-state index contributed by atoms with van der Waals surface area (Å²) in [5.41, 5.74) is 10.6. The Hall–Kier alpha value is -2.13. The fourth-order valence-corrected chi connectivity index (χ4v) is 2.89. The molecule has 1 aliphatic heterocycles. The summed E-state index contributed by atoms with van der Waals surface area (Å²) in [6, 6.07) is 16.5. The molecular formula is C18H20N2O. The van der Waals surface area contributed by atoms with E-state index in [1.165, 1.54) is 22.3 Å². The Kier molecular flexibility index (Phi) is 3.76. The summed E-state index contributed by atoms with van der Waals surface area (Å²) in [4.78, 5) is 14.3. The molecule has 0 bridgehead atoms. The second-order valence-corrected chi connectivity index (χ2v) is 5.75. The first-order chi connectivity index (χ1) is 10.1. The Morgan fingerprint density at radius 2 is 1.52 bits per heavy atom. The van der Waals surface area contributed by atoms with Crippen LogP contribution >= 0.6 is 0 Å². The predicted octanol–water partition coefficient (Wildman–Crippen LogP) is 2.93. The topological polar surface area (TPSA) is 46.3 Å². The smallest absolute Gasteiger partial charge is 0.224 e. The molecule has 0 radical (unpaired) electrons. The van der Waals surface area contributed by atoms with E-state index in [1.807, 2.05) is 24.0 Å². The zero-order chi connectivity index (χ0) is 14.8. The van der Waals surface area contributed by atoms with Gasteiger partial charge in [-0.1, -0.05) is 48.5 Å². The van der Waals surface area contributed by atoms with E-state index in [0.29, 0.717) is 19.5 Å². The first kappa shape index (κ1) is 13.8. The van der Waals surface area contributed by atoms with Gasteiger partial charge in [-0.25, -0.2) is 0 Å². The van der Waals surface area contributed by atoms with Crippen LogP contribution in [0.2, 0.25) is 0 Å². The molecule has 1 unspecified atom stereocenters. The van der Waals surface area contributed by atoms with Crippen molar-refractivity contribution in [1.82, 2.24) is 4.90 Å². The minimum absolute atomic E-state index is 0.105. The van der Waals surface area contributed by atoms with Gasteiger partial charge in [0.1, 0.15) is 0 Å². The highest BCUT2D eigenvalue weighted by Crippen LogP contribution is 2.32. The fraction of sp³-hybridized carbons (Fsp3) is 0.278. The van der Waals surface area contributed by atoms with Gasteiger partial charge in [0.05, 0.1) is 0 Å². The lowest BCUT2D eigenvalue weighted by Crippen LogP contribution is -2.33. The van der Waals surface area contributed by atoms with Crippen LogP contribution in [-0.2, 0) is 17.9 Å². The summed E-state index contributed by atoms with van der Waals surface area (Å²) >= 11 is 0. The molecule has 1 amide bonds. The lowest BCUT2D eigenvalue weighted by Gasteiger charge is -2.22. The first-order valence-corrected chi connectivity index (χ1v) is 7.34. The SMILES string of the molecule is CC(N)CC(=O)N1Cc2ccccc2-c2ccccc2C1. The number of carbonyl (C=O) groups excluding carboxylic acids is 1. The number of nitrogens with two attached hydrogens (primary N) is 1. The normalized spacial score (nSPS) is 14.9. The van der Waals surface area contributed by atoms with Crippen LogP contribution in [-0.4, -0.2) is 16.8 Å². The number of hydrogen-bond donors (Lipinski definition) is 1. The fourth-order valence-electron chi connectivity index (χ4n) is 2.89. The van der Waals surface area contributed by atoms with Crippen LogP contribution in [0.1, 0.15) is 24.5 Å². The molecule has 1 heterocycles. The van der Waals surface area contributed by atoms with E-state index >= 15 is 0 Å². The monoisotopic (exact) mass is 280 g/mol. The van der Waals surface area contributed by atoms with Crippen molar-refractivity contribution in [3.05, 3.63) is 59.7 Å². The summed E-state index contributed by atoms with van der Waals surface area (Å²) in [6.45, 7) is 3.17. The van der Waals surface area contributed by atoms with Crippen molar-refractivity contribution >= 4 is 5.91 Å². The molecule has 0 aromatic heterocycles. The zero-order valence-corrected chi connectivity index (χ0v) is 12.3. The highest BCUT2D eigenvalue weighted by atomic mass is 16.2. The first-order valence-electron chi connectivity index (χ1n) is 7.34. The molecule has 2 aromatic rings. The lowest BCUT2D eigenvalue weighted by atomic mass is 9.97. The van der Waals surface area contributed by atoms with Crippen molar-refractivity contribution in [2.75, 3.05) is 0 Å². The number of rotatable bonds is 2. The van der Waals surface area contributed by atoms with Crippen LogP contribution in [0.3, 0.4) is 0 Å². The summed E-state index contributed by atoms with van der Waals surface area (Å²) in [5, 5.41) is 0. The van der Waals surface area contributed by atoms with Gasteiger partial charge in [-0.05, 0) is 29.2 Å². The van der Waals surface area contributed by atoms with Gasteiger partial charge in [0.2, 0.25) is 5.91 Å². The second-order valence-electron chi connectivity index (χ2n) is 5.75. The highest BCUT2D eigenvalue weighted by molar-refractivity contribution is 5.79. The molecule has 2 N–H and O–H groups in total. The largest absolute Gasteiger partial charge is 0.334 e. The van der Waals surface area contributed by atoms with E-state index in [4.69, 9.17) is 5.73 Å². The summed E-state index contributed by atoms with van der Waals surface area (Å²) < 4.78 is 0. The Morgan fingerprint density at radius 1 is 1.05 bits per heavy atom. The van der Waals surface area contributed by atoms with Crippen LogP contribution < -0.4 is 5.73 Å². The highest BCUT2D eigenvalue weighted by Gasteiger charge is 2.22. The van der Waals surface area contributed by atoms with Crippen molar-refractivity contribution < 1.29 is 4.79 Å². The van der Waals surface area contributed by atoms with Crippen molar-refractivity contribution in [1.29, 1.82) is 0 Å². The molecule has 21 heavy (non-hydrogen) atoms. The molecular weight excluding hydrogens is 260 g/mol. The average molecular weight is 280 g/mol. The Labute approximate surface area is 125 Å². The van der Waals surface area contributed by atoms with Crippen LogP contribution in [0.15, 0.2) is 48.5 Å². The van der Waals surface area contributed by atoms with E-state index < -0.39 is 0 Å². The number of amides is 1. The van der Waals surface area contributed by atoms with Gasteiger partial charge >= 0.3 is 0 Å². The van der Waals surface area contributed by atoms with Gasteiger partial charge in [0.15, 0.2) is 0 Å². The number of nitrogens with zero attached hydrogens (tertiary/aromatic N) is 1. The second kappa shape index (κ2) is 5.70. The molecule has 3 rings (SSSR count). The number of carbonyl (C=O) groups is 1. The maximum absolute atomic E-state index is 12.4. The van der Waals surface area contributed by atoms with Crippen molar-refractivity contribution in [3.8, 4) is 11.1 Å². The molecule has 1 aliphatic rings. The minimum Gasteiger partial charge on any atom is -0.334 e. The maximum atomic E-state index is 12.4. The molecule has 3 heteroatoms. The van der Waals surface area contributed by atoms with Crippen LogP contribution in [0, 0.1) is 0 Å². The van der Waals surface area contributed by atoms with Gasteiger partial charge in [-0.2, -0.15) is 0 Å². The Morgan fingerprint density at radius 3 is 2.00 bits per heavy atom. The van der Waals surface area contributed by atoms with E-state index in [1.54, 1.807) is 0 Å². The van der Waals surface area contributed by atoms with E-state index in [2.05, 4.69) is 36.4 Å². The van der Waals surface area contributed by atoms with Gasteiger partial charge in [0, 0.05) is 25.6 Å². The van der Waals surface area contributed by atoms with Crippen LogP contribution in [0.5, 0.6) is 0 Å². The van der Waals surface area contributed by atoms with Gasteiger partial charge in [-0.3, -0.25) is 4.79 Å². The third-order valence-corrected chi connectivity index (χ3v) is 3.90. The third kappa shape index (κ3) is 2.83. The van der Waals surface area contributed by atoms with E-state index in [9.17, 15) is 4.79 Å². The zero-order valence-electron chi connectivity index (χ0n) is 12.3. The number of benzene rings is 2. The summed E-state index contributed by atoms with van der Waals surface area (Å²) in [7, 11) is 0. The molecule has 0 saturated carbocycles. The summed E-state index contributed by atoms with van der Waals surface area (Å²) in [5.74, 6) is 0.122. The van der Waals surface area contributed by atoms with E-state index in [0.717, 1.165) is 0 Å². The van der Waals surface area contributed by atoms with Gasteiger partial charge < -0.3 is 10.6 Å². The Bertz CT molecular complexity index is 616. The van der Waals surface area contributed by atoms with E-state index in [-0.39, 0.29) is 11.9 Å². The molecule has 0 fully saturated rings. The quantitative estimate of drug-likeness (QED) is 0.919. The average Bonchev–Trinajstić information content (AvgIpc) is 2.63. The van der Waals surface area contributed by atoms with Gasteiger partial charge in [-0.15, -0.1) is 0 Å². The van der Waals surface area contributed by atoms with Crippen LogP contribution in [0.4, 0.5) is 0 Å². The molecule has 1 atom stereocenters. The van der Waals surface area contributed by atoms with Gasteiger partial charge in [0.25, 0.3) is 0 Å². The summed E-state index contributed by atoms with van der Waals surface area (Å²) in [6.07, 6.45) is 0.393. The number of fused-ring (bicyclic) bond motifs is 3. The van der Waals surface area contributed by atoms with Crippen LogP contribution in [0.25, 0.3) is 11.1 Å². The molecule has 0 saturated heterocycles. The maximum Gasteiger partial charge on any atom is 0.224 e. The standard InChI is InChI=1S/C18H20N2O/c1-13(19)10-18(21)20-11-14-6-2-4-8-16(14)17-9-5-3-7-15(17)12-20/h2-9,13H,10-12,19H2,1H3. The molecule has 0 aliphatic carbocycles. The minimum atomic E-state index is -0.105. The predicted molar refractivity (Wildman–Crippen MR) is 84.4 cm³/mol. The lowest BCUT2D eigenvalue weighted by molar-refractivity contribution is -0.132. The number of hydrogen-bond acceptors (Lipinski definition) is 2.